The molecule has 0 aliphatic rings. The van der Waals surface area contributed by atoms with Gasteiger partial charge in [0.1, 0.15) is 0 Å². The second-order valence-corrected chi connectivity index (χ2v) is 4.77. The van der Waals surface area contributed by atoms with E-state index in [4.69, 9.17) is 5.73 Å². The first-order valence-electron chi connectivity index (χ1n) is 5.25. The molecule has 0 aliphatic carbocycles. The Morgan fingerprint density at radius 1 is 1.38 bits per heavy atom. The molecule has 0 aliphatic heterocycles. The van der Waals surface area contributed by atoms with Crippen molar-refractivity contribution in [3.8, 4) is 5.13 Å². The Morgan fingerprint density at radius 3 is 2.62 bits per heavy atom. The summed E-state index contributed by atoms with van der Waals surface area (Å²) in [7, 11) is 0. The zero-order chi connectivity index (χ0) is 11.7. The molecule has 2 aromatic heterocycles. The van der Waals surface area contributed by atoms with Crippen molar-refractivity contribution in [2.45, 2.75) is 33.7 Å². The number of rotatable bonds is 3. The Bertz CT molecular complexity index is 480. The molecule has 2 heterocycles. The van der Waals surface area contributed by atoms with Crippen molar-refractivity contribution in [1.82, 2.24) is 20.0 Å². The SMILES string of the molecule is CCc1c(CN)nnn1-c1nc(C)c(C)s1. The third kappa shape index (κ3) is 1.74. The van der Waals surface area contributed by atoms with Crippen LogP contribution in [0, 0.1) is 13.8 Å². The van der Waals surface area contributed by atoms with Crippen LogP contribution in [0.2, 0.25) is 0 Å². The van der Waals surface area contributed by atoms with Crippen LogP contribution >= 0.6 is 11.3 Å². The summed E-state index contributed by atoms with van der Waals surface area (Å²) in [6.45, 7) is 6.55. The zero-order valence-electron chi connectivity index (χ0n) is 9.69. The van der Waals surface area contributed by atoms with Gasteiger partial charge in [-0.2, -0.15) is 4.68 Å². The predicted molar refractivity (Wildman–Crippen MR) is 63.8 cm³/mol. The highest BCUT2D eigenvalue weighted by molar-refractivity contribution is 7.14. The van der Waals surface area contributed by atoms with Crippen molar-refractivity contribution < 1.29 is 0 Å². The van der Waals surface area contributed by atoms with E-state index in [9.17, 15) is 0 Å². The largest absolute Gasteiger partial charge is 0.325 e. The lowest BCUT2D eigenvalue weighted by atomic mass is 10.2. The van der Waals surface area contributed by atoms with Gasteiger partial charge in [-0.15, -0.1) is 5.10 Å². The summed E-state index contributed by atoms with van der Waals surface area (Å²) in [6.07, 6.45) is 0.858. The Hall–Kier alpha value is -1.27. The number of aromatic nitrogens is 4. The highest BCUT2D eigenvalue weighted by atomic mass is 32.1. The van der Waals surface area contributed by atoms with Gasteiger partial charge in [0.25, 0.3) is 0 Å². The van der Waals surface area contributed by atoms with Gasteiger partial charge < -0.3 is 5.73 Å². The van der Waals surface area contributed by atoms with Crippen LogP contribution in [-0.4, -0.2) is 20.0 Å². The van der Waals surface area contributed by atoms with Gasteiger partial charge in [0, 0.05) is 11.4 Å². The number of thiazole rings is 1. The van der Waals surface area contributed by atoms with Crippen molar-refractivity contribution in [3.05, 3.63) is 22.0 Å². The van der Waals surface area contributed by atoms with E-state index < -0.39 is 0 Å². The fourth-order valence-corrected chi connectivity index (χ4v) is 2.43. The first-order chi connectivity index (χ1) is 7.67. The molecule has 5 nitrogen and oxygen atoms in total. The van der Waals surface area contributed by atoms with Gasteiger partial charge in [-0.1, -0.05) is 23.5 Å². The number of aryl methyl sites for hydroxylation is 2. The molecule has 86 valence electrons. The Kier molecular flexibility index (Phi) is 3.02. The molecule has 0 amide bonds. The van der Waals surface area contributed by atoms with Gasteiger partial charge >= 0.3 is 0 Å². The Morgan fingerprint density at radius 2 is 2.12 bits per heavy atom. The maximum absolute atomic E-state index is 5.62. The molecule has 2 rings (SSSR count). The van der Waals surface area contributed by atoms with Crippen molar-refractivity contribution in [2.24, 2.45) is 5.73 Å². The van der Waals surface area contributed by atoms with Crippen LogP contribution in [0.3, 0.4) is 0 Å². The van der Waals surface area contributed by atoms with Crippen LogP contribution in [0.4, 0.5) is 0 Å². The molecule has 0 fully saturated rings. The summed E-state index contributed by atoms with van der Waals surface area (Å²) in [4.78, 5) is 5.68. The molecule has 0 bridgehead atoms. The smallest absolute Gasteiger partial charge is 0.212 e. The maximum Gasteiger partial charge on any atom is 0.212 e. The fraction of sp³-hybridized carbons (Fsp3) is 0.500. The summed E-state index contributed by atoms with van der Waals surface area (Å²) in [6, 6.07) is 0. The predicted octanol–water partition coefficient (Wildman–Crippen LogP) is 1.36. The first kappa shape index (κ1) is 11.2. The zero-order valence-corrected chi connectivity index (χ0v) is 10.5. The summed E-state index contributed by atoms with van der Waals surface area (Å²) >= 11 is 1.63. The van der Waals surface area contributed by atoms with Crippen LogP contribution in [0.15, 0.2) is 0 Å². The molecule has 2 N–H and O–H groups in total. The molecular weight excluding hydrogens is 222 g/mol. The van der Waals surface area contributed by atoms with Crippen molar-refractivity contribution in [2.75, 3.05) is 0 Å². The average Bonchev–Trinajstić information content (AvgIpc) is 2.82. The molecule has 2 aromatic rings. The molecule has 0 saturated carbocycles. The Balaban J connectivity index is 2.51. The van der Waals surface area contributed by atoms with E-state index in [0.29, 0.717) is 6.54 Å². The number of hydrogen-bond donors (Lipinski definition) is 1. The molecule has 0 spiro atoms. The second-order valence-electron chi connectivity index (χ2n) is 3.59. The molecule has 0 radical (unpaired) electrons. The van der Waals surface area contributed by atoms with Gasteiger partial charge in [-0.05, 0) is 20.3 Å². The summed E-state index contributed by atoms with van der Waals surface area (Å²) < 4.78 is 1.80. The van der Waals surface area contributed by atoms with E-state index in [0.717, 1.165) is 28.6 Å². The summed E-state index contributed by atoms with van der Waals surface area (Å²) in [5.41, 5.74) is 8.57. The first-order valence-corrected chi connectivity index (χ1v) is 6.07. The quantitative estimate of drug-likeness (QED) is 0.875. The molecule has 0 saturated heterocycles. The number of nitrogens with zero attached hydrogens (tertiary/aromatic N) is 4. The molecule has 0 atom stereocenters. The lowest BCUT2D eigenvalue weighted by molar-refractivity contribution is 0.759. The standard InChI is InChI=1S/C10H15N5S/c1-4-9-8(5-11)13-14-15(9)10-12-6(2)7(3)16-10/h4-5,11H2,1-3H3. The van der Waals surface area contributed by atoms with Gasteiger partial charge in [0.15, 0.2) is 0 Å². The summed E-state index contributed by atoms with van der Waals surface area (Å²) in [5.74, 6) is 0. The monoisotopic (exact) mass is 237 g/mol. The van der Waals surface area contributed by atoms with Gasteiger partial charge in [-0.25, -0.2) is 4.98 Å². The normalized spacial score (nSPS) is 11.0. The van der Waals surface area contributed by atoms with Crippen LogP contribution < -0.4 is 5.73 Å². The van der Waals surface area contributed by atoms with Gasteiger partial charge in [0.05, 0.1) is 17.1 Å². The van der Waals surface area contributed by atoms with E-state index in [1.54, 1.807) is 16.0 Å². The van der Waals surface area contributed by atoms with Crippen molar-refractivity contribution in [3.63, 3.8) is 0 Å². The van der Waals surface area contributed by atoms with Crippen molar-refractivity contribution >= 4 is 11.3 Å². The summed E-state index contributed by atoms with van der Waals surface area (Å²) in [5, 5.41) is 9.07. The van der Waals surface area contributed by atoms with E-state index in [2.05, 4.69) is 29.1 Å². The minimum Gasteiger partial charge on any atom is -0.325 e. The minimum absolute atomic E-state index is 0.423. The van der Waals surface area contributed by atoms with E-state index in [1.165, 1.54) is 4.88 Å². The highest BCUT2D eigenvalue weighted by Gasteiger charge is 2.14. The van der Waals surface area contributed by atoms with E-state index in [1.807, 2.05) is 6.92 Å². The number of nitrogens with two attached hydrogens (primary N) is 1. The molecule has 0 aromatic carbocycles. The van der Waals surface area contributed by atoms with E-state index in [-0.39, 0.29) is 0 Å². The molecule has 16 heavy (non-hydrogen) atoms. The molecule has 6 heteroatoms. The van der Waals surface area contributed by atoms with Crippen LogP contribution in [-0.2, 0) is 13.0 Å². The van der Waals surface area contributed by atoms with Gasteiger partial charge in [0.2, 0.25) is 5.13 Å². The second kappa shape index (κ2) is 4.31. The third-order valence-corrected chi connectivity index (χ3v) is 3.62. The van der Waals surface area contributed by atoms with Crippen LogP contribution in [0.25, 0.3) is 5.13 Å². The van der Waals surface area contributed by atoms with E-state index >= 15 is 0 Å². The topological polar surface area (TPSA) is 69.6 Å². The average molecular weight is 237 g/mol. The van der Waals surface area contributed by atoms with Crippen LogP contribution in [0.5, 0.6) is 0 Å². The minimum atomic E-state index is 0.423. The molecular formula is C10H15N5S. The lowest BCUT2D eigenvalue weighted by Crippen LogP contribution is -2.04. The van der Waals surface area contributed by atoms with Crippen LogP contribution in [0.1, 0.15) is 28.9 Å². The van der Waals surface area contributed by atoms with Crippen molar-refractivity contribution in [1.29, 1.82) is 0 Å². The maximum atomic E-state index is 5.62. The Labute approximate surface area is 98.3 Å². The third-order valence-electron chi connectivity index (χ3n) is 2.57. The number of hydrogen-bond acceptors (Lipinski definition) is 5. The highest BCUT2D eigenvalue weighted by Crippen LogP contribution is 2.21. The van der Waals surface area contributed by atoms with Gasteiger partial charge in [-0.3, -0.25) is 0 Å². The lowest BCUT2D eigenvalue weighted by Gasteiger charge is -2.00. The fourth-order valence-electron chi connectivity index (χ4n) is 1.55. The molecule has 0 unspecified atom stereocenters.